The Balaban J connectivity index is 1.61. The van der Waals surface area contributed by atoms with Gasteiger partial charge in [-0.15, -0.1) is 11.3 Å². The summed E-state index contributed by atoms with van der Waals surface area (Å²) in [5.74, 6) is 0.369. The van der Waals surface area contributed by atoms with E-state index in [1.807, 2.05) is 42.6 Å². The Bertz CT molecular complexity index is 1270. The largest absolute Gasteiger partial charge is 0.456 e. The lowest BCUT2D eigenvalue weighted by atomic mass is 10.1. The number of hydrogen-bond acceptors (Lipinski definition) is 6. The number of hydrogen-bond donors (Lipinski definition) is 1. The molecule has 0 radical (unpaired) electrons. The van der Waals surface area contributed by atoms with Crippen molar-refractivity contribution in [3.05, 3.63) is 65.6 Å². The van der Waals surface area contributed by atoms with Crippen LogP contribution in [-0.2, 0) is 0 Å². The van der Waals surface area contributed by atoms with Gasteiger partial charge >= 0.3 is 0 Å². The van der Waals surface area contributed by atoms with Crippen molar-refractivity contribution in [2.45, 2.75) is 6.92 Å². The van der Waals surface area contributed by atoms with E-state index in [-0.39, 0.29) is 5.91 Å². The number of aryl methyl sites for hydroxylation is 1. The van der Waals surface area contributed by atoms with E-state index in [2.05, 4.69) is 20.4 Å². The van der Waals surface area contributed by atoms with Gasteiger partial charge in [0.15, 0.2) is 10.8 Å². The zero-order valence-corrected chi connectivity index (χ0v) is 15.0. The number of nitrogens with zero attached hydrogens (tertiary/aromatic N) is 4. The second-order valence-corrected chi connectivity index (χ2v) is 6.93. The van der Waals surface area contributed by atoms with Gasteiger partial charge in [-0.3, -0.25) is 10.1 Å². The summed E-state index contributed by atoms with van der Waals surface area (Å²) in [5, 5.41) is 10.4. The van der Waals surface area contributed by atoms with Gasteiger partial charge in [-0.2, -0.15) is 5.10 Å². The van der Waals surface area contributed by atoms with Crippen molar-refractivity contribution < 1.29 is 9.21 Å². The van der Waals surface area contributed by atoms with Crippen molar-refractivity contribution in [2.75, 3.05) is 5.32 Å². The third-order valence-corrected chi connectivity index (χ3v) is 5.04. The standard InChI is InChI=1S/C19H13N5O2S/c1-11-9-27-19(22-11)23-18(25)14-6-13(8-24-17(14)20-10-21-24)16-7-12-4-2-3-5-15(12)26-16/h2-10H,1H3,(H,22,23,25). The number of aromatic nitrogens is 4. The van der Waals surface area contributed by atoms with Crippen LogP contribution in [-0.4, -0.2) is 25.5 Å². The lowest BCUT2D eigenvalue weighted by Crippen LogP contribution is -2.14. The minimum absolute atomic E-state index is 0.291. The molecule has 0 aliphatic rings. The number of carbonyl (C=O) groups excluding carboxylic acids is 1. The number of thiazole rings is 1. The number of fused-ring (bicyclic) bond motifs is 2. The number of pyridine rings is 1. The highest BCUT2D eigenvalue weighted by atomic mass is 32.1. The van der Waals surface area contributed by atoms with Gasteiger partial charge in [-0.25, -0.2) is 14.5 Å². The molecule has 0 fully saturated rings. The van der Waals surface area contributed by atoms with Crippen LogP contribution in [0.3, 0.4) is 0 Å². The number of para-hydroxylation sites is 1. The van der Waals surface area contributed by atoms with E-state index in [0.29, 0.717) is 22.1 Å². The fraction of sp³-hybridized carbons (Fsp3) is 0.0526. The molecule has 0 unspecified atom stereocenters. The lowest BCUT2D eigenvalue weighted by Gasteiger charge is -2.06. The van der Waals surface area contributed by atoms with Gasteiger partial charge in [-0.1, -0.05) is 18.2 Å². The first-order valence-electron chi connectivity index (χ1n) is 8.23. The maximum absolute atomic E-state index is 12.8. The van der Waals surface area contributed by atoms with Crippen LogP contribution in [0.2, 0.25) is 0 Å². The summed E-state index contributed by atoms with van der Waals surface area (Å²) >= 11 is 1.38. The minimum atomic E-state index is -0.291. The number of carbonyl (C=O) groups is 1. The zero-order valence-electron chi connectivity index (χ0n) is 14.2. The van der Waals surface area contributed by atoms with Crippen LogP contribution in [0.15, 0.2) is 58.7 Å². The zero-order chi connectivity index (χ0) is 18.4. The minimum Gasteiger partial charge on any atom is -0.456 e. The Morgan fingerprint density at radius 3 is 2.96 bits per heavy atom. The Morgan fingerprint density at radius 2 is 2.15 bits per heavy atom. The van der Waals surface area contributed by atoms with Crippen LogP contribution in [0.1, 0.15) is 16.1 Å². The molecular formula is C19H13N5O2S. The first-order valence-corrected chi connectivity index (χ1v) is 9.11. The van der Waals surface area contributed by atoms with Crippen molar-refractivity contribution in [1.82, 2.24) is 19.6 Å². The van der Waals surface area contributed by atoms with Crippen LogP contribution in [0, 0.1) is 6.92 Å². The quantitative estimate of drug-likeness (QED) is 0.512. The molecule has 0 spiro atoms. The highest BCUT2D eigenvalue weighted by molar-refractivity contribution is 7.13. The third-order valence-electron chi connectivity index (χ3n) is 4.17. The highest BCUT2D eigenvalue weighted by Crippen LogP contribution is 2.29. The van der Waals surface area contributed by atoms with Crippen molar-refractivity contribution in [2.24, 2.45) is 0 Å². The second kappa shape index (κ2) is 6.03. The van der Waals surface area contributed by atoms with Crippen LogP contribution < -0.4 is 5.32 Å². The normalized spacial score (nSPS) is 11.3. The number of furan rings is 1. The molecule has 27 heavy (non-hydrogen) atoms. The molecule has 7 nitrogen and oxygen atoms in total. The van der Waals surface area contributed by atoms with Crippen LogP contribution in [0.5, 0.6) is 0 Å². The summed E-state index contributed by atoms with van der Waals surface area (Å²) < 4.78 is 7.51. The van der Waals surface area contributed by atoms with Gasteiger partial charge in [-0.05, 0) is 25.1 Å². The molecule has 1 amide bonds. The molecular weight excluding hydrogens is 362 g/mol. The Kier molecular flexibility index (Phi) is 3.51. The van der Waals surface area contributed by atoms with E-state index in [1.54, 1.807) is 16.8 Å². The number of anilines is 1. The maximum atomic E-state index is 12.8. The molecule has 5 rings (SSSR count). The third kappa shape index (κ3) is 2.76. The summed E-state index contributed by atoms with van der Waals surface area (Å²) in [5.41, 5.74) is 3.26. The van der Waals surface area contributed by atoms with E-state index < -0.39 is 0 Å². The smallest absolute Gasteiger partial charge is 0.261 e. The summed E-state index contributed by atoms with van der Waals surface area (Å²) in [6.45, 7) is 1.88. The molecule has 4 heterocycles. The molecule has 4 aromatic heterocycles. The summed E-state index contributed by atoms with van der Waals surface area (Å²) in [6.07, 6.45) is 3.21. The number of rotatable bonds is 3. The first kappa shape index (κ1) is 15.7. The van der Waals surface area contributed by atoms with Gasteiger partial charge in [0.25, 0.3) is 5.91 Å². The average molecular weight is 375 g/mol. The van der Waals surface area contributed by atoms with E-state index in [4.69, 9.17) is 4.42 Å². The van der Waals surface area contributed by atoms with E-state index in [9.17, 15) is 4.79 Å². The maximum Gasteiger partial charge on any atom is 0.261 e. The van der Waals surface area contributed by atoms with Gasteiger partial charge in [0.05, 0.1) is 11.3 Å². The van der Waals surface area contributed by atoms with Gasteiger partial charge in [0, 0.05) is 22.5 Å². The van der Waals surface area contributed by atoms with Gasteiger partial charge in [0.2, 0.25) is 0 Å². The van der Waals surface area contributed by atoms with E-state index in [0.717, 1.165) is 22.2 Å². The van der Waals surface area contributed by atoms with Gasteiger partial charge < -0.3 is 4.42 Å². The molecule has 0 atom stereocenters. The number of benzene rings is 1. The molecule has 5 aromatic rings. The van der Waals surface area contributed by atoms with E-state index in [1.165, 1.54) is 17.7 Å². The van der Waals surface area contributed by atoms with Crippen molar-refractivity contribution in [3.8, 4) is 11.3 Å². The number of nitrogens with one attached hydrogen (secondary N) is 1. The fourth-order valence-corrected chi connectivity index (χ4v) is 3.61. The van der Waals surface area contributed by atoms with Gasteiger partial charge in [0.1, 0.15) is 17.7 Å². The molecule has 132 valence electrons. The van der Waals surface area contributed by atoms with Crippen LogP contribution in [0.4, 0.5) is 5.13 Å². The van der Waals surface area contributed by atoms with Crippen LogP contribution in [0.25, 0.3) is 27.9 Å². The molecule has 0 bridgehead atoms. The van der Waals surface area contributed by atoms with E-state index >= 15 is 0 Å². The molecule has 0 aliphatic carbocycles. The Morgan fingerprint density at radius 1 is 1.26 bits per heavy atom. The second-order valence-electron chi connectivity index (χ2n) is 6.07. The SMILES string of the molecule is Cc1csc(NC(=O)c2cc(-c3cc4ccccc4o3)cn3ncnc23)n1. The average Bonchev–Trinajstić information content (AvgIpc) is 3.39. The Hall–Kier alpha value is -3.52. The number of amides is 1. The molecule has 1 N–H and O–H groups in total. The molecule has 0 saturated heterocycles. The molecule has 0 aliphatic heterocycles. The monoisotopic (exact) mass is 375 g/mol. The lowest BCUT2D eigenvalue weighted by molar-refractivity contribution is 0.102. The predicted octanol–water partition coefficient (Wildman–Crippen LogP) is 4.16. The van der Waals surface area contributed by atoms with Crippen molar-refractivity contribution in [1.29, 1.82) is 0 Å². The van der Waals surface area contributed by atoms with Crippen LogP contribution >= 0.6 is 11.3 Å². The topological polar surface area (TPSA) is 85.3 Å². The molecule has 0 saturated carbocycles. The summed E-state index contributed by atoms with van der Waals surface area (Å²) in [6, 6.07) is 11.5. The summed E-state index contributed by atoms with van der Waals surface area (Å²) in [4.78, 5) is 21.3. The predicted molar refractivity (Wildman–Crippen MR) is 103 cm³/mol. The Labute approximate surface area is 157 Å². The fourth-order valence-electron chi connectivity index (χ4n) is 2.93. The van der Waals surface area contributed by atoms with Crippen molar-refractivity contribution >= 4 is 39.0 Å². The summed E-state index contributed by atoms with van der Waals surface area (Å²) in [7, 11) is 0. The highest BCUT2D eigenvalue weighted by Gasteiger charge is 2.18. The first-order chi connectivity index (χ1) is 13.2. The molecule has 1 aromatic carbocycles. The van der Waals surface area contributed by atoms with Crippen molar-refractivity contribution in [3.63, 3.8) is 0 Å². The molecule has 8 heteroatoms.